The van der Waals surface area contributed by atoms with Crippen LogP contribution in [0.15, 0.2) is 115 Å². The molecule has 0 bridgehead atoms. The van der Waals surface area contributed by atoms with Crippen LogP contribution in [0, 0.1) is 0 Å². The molecule has 0 aromatic heterocycles. The Hall–Kier alpha value is -4.18. The van der Waals surface area contributed by atoms with E-state index in [4.69, 9.17) is 4.74 Å². The van der Waals surface area contributed by atoms with E-state index in [2.05, 4.69) is 5.32 Å². The predicted molar refractivity (Wildman–Crippen MR) is 121 cm³/mol. The molecule has 0 saturated heterocycles. The molecule has 1 amide bonds. The Morgan fingerprint density at radius 3 is 1.58 bits per heavy atom. The van der Waals surface area contributed by atoms with Gasteiger partial charge in [-0.2, -0.15) is 0 Å². The van der Waals surface area contributed by atoms with Crippen molar-refractivity contribution in [2.45, 2.75) is 6.10 Å². The molecule has 4 rings (SSSR count). The van der Waals surface area contributed by atoms with E-state index in [0.717, 1.165) is 11.1 Å². The maximum absolute atomic E-state index is 12.8. The van der Waals surface area contributed by atoms with Crippen molar-refractivity contribution in [2.75, 3.05) is 5.32 Å². The number of carbonyl (C=O) groups excluding carboxylic acids is 2. The van der Waals surface area contributed by atoms with E-state index in [1.54, 1.807) is 36.4 Å². The third-order valence-corrected chi connectivity index (χ3v) is 4.84. The van der Waals surface area contributed by atoms with E-state index in [9.17, 15) is 9.59 Å². The first-order chi connectivity index (χ1) is 15.2. The summed E-state index contributed by atoms with van der Waals surface area (Å²) in [6.45, 7) is 0. The number of carbonyl (C=O) groups is 2. The predicted octanol–water partition coefficient (Wildman–Crippen LogP) is 5.89. The first kappa shape index (κ1) is 20.1. The lowest BCUT2D eigenvalue weighted by molar-refractivity contribution is 0.0378. The number of rotatable bonds is 6. The summed E-state index contributed by atoms with van der Waals surface area (Å²) in [4.78, 5) is 25.1. The molecule has 4 aromatic carbocycles. The van der Waals surface area contributed by atoms with Crippen molar-refractivity contribution in [1.29, 1.82) is 0 Å². The highest BCUT2D eigenvalue weighted by Gasteiger charge is 2.20. The monoisotopic (exact) mass is 407 g/mol. The molecule has 0 aliphatic rings. The van der Waals surface area contributed by atoms with E-state index < -0.39 is 12.1 Å². The number of benzene rings is 4. The average Bonchev–Trinajstić information content (AvgIpc) is 2.84. The summed E-state index contributed by atoms with van der Waals surface area (Å²) in [5.74, 6) is -0.636. The van der Waals surface area contributed by atoms with Crippen LogP contribution in [0.1, 0.15) is 37.9 Å². The minimum Gasteiger partial charge on any atom is -0.449 e. The molecule has 4 nitrogen and oxygen atoms in total. The molecular weight excluding hydrogens is 386 g/mol. The van der Waals surface area contributed by atoms with Gasteiger partial charge in [0, 0.05) is 11.3 Å². The third-order valence-electron chi connectivity index (χ3n) is 4.84. The molecule has 0 atom stereocenters. The molecule has 31 heavy (non-hydrogen) atoms. The van der Waals surface area contributed by atoms with Gasteiger partial charge in [-0.3, -0.25) is 4.79 Å². The standard InChI is InChI=1S/C27H21NO3/c29-26(22-14-8-3-9-15-22)28-24-18-16-23(17-19-24)27(30)31-25(20-10-4-1-5-11-20)21-12-6-2-7-13-21/h1-19,25H,(H,28,29). The summed E-state index contributed by atoms with van der Waals surface area (Å²) < 4.78 is 5.87. The fourth-order valence-electron chi connectivity index (χ4n) is 3.24. The zero-order chi connectivity index (χ0) is 21.5. The molecule has 0 heterocycles. The minimum absolute atomic E-state index is 0.204. The van der Waals surface area contributed by atoms with E-state index in [1.807, 2.05) is 78.9 Å². The molecule has 0 saturated carbocycles. The molecule has 4 heteroatoms. The van der Waals surface area contributed by atoms with Gasteiger partial charge in [0.25, 0.3) is 5.91 Å². The van der Waals surface area contributed by atoms with Crippen LogP contribution in [0.2, 0.25) is 0 Å². The van der Waals surface area contributed by atoms with Crippen LogP contribution in [0.25, 0.3) is 0 Å². The molecule has 0 radical (unpaired) electrons. The molecule has 0 unspecified atom stereocenters. The summed E-state index contributed by atoms with van der Waals surface area (Å²) in [7, 11) is 0. The van der Waals surface area contributed by atoms with E-state index in [-0.39, 0.29) is 5.91 Å². The second kappa shape index (κ2) is 9.55. The summed E-state index contributed by atoms with van der Waals surface area (Å²) >= 11 is 0. The van der Waals surface area contributed by atoms with Crippen molar-refractivity contribution >= 4 is 17.6 Å². The average molecular weight is 407 g/mol. The quantitative estimate of drug-likeness (QED) is 0.406. The Labute approximate surface area is 181 Å². The minimum atomic E-state index is -0.507. The number of anilines is 1. The van der Waals surface area contributed by atoms with Gasteiger partial charge in [0.05, 0.1) is 5.56 Å². The number of esters is 1. The van der Waals surface area contributed by atoms with Crippen molar-refractivity contribution in [1.82, 2.24) is 0 Å². The van der Waals surface area contributed by atoms with Crippen LogP contribution >= 0.6 is 0 Å². The Balaban J connectivity index is 1.49. The summed E-state index contributed by atoms with van der Waals surface area (Å²) in [6.07, 6.45) is -0.507. The van der Waals surface area contributed by atoms with Gasteiger partial charge in [0.2, 0.25) is 0 Å². The number of ether oxygens (including phenoxy) is 1. The van der Waals surface area contributed by atoms with Crippen molar-refractivity contribution in [3.63, 3.8) is 0 Å². The van der Waals surface area contributed by atoms with Gasteiger partial charge in [-0.25, -0.2) is 4.79 Å². The molecule has 0 aliphatic carbocycles. The van der Waals surface area contributed by atoms with Crippen LogP contribution in [-0.4, -0.2) is 11.9 Å². The van der Waals surface area contributed by atoms with Gasteiger partial charge in [-0.05, 0) is 47.5 Å². The lowest BCUT2D eigenvalue weighted by Gasteiger charge is -2.19. The second-order valence-electron chi connectivity index (χ2n) is 7.00. The number of amides is 1. The molecule has 0 aliphatic heterocycles. The molecule has 1 N–H and O–H groups in total. The van der Waals surface area contributed by atoms with Crippen molar-refractivity contribution < 1.29 is 14.3 Å². The van der Waals surface area contributed by atoms with Gasteiger partial charge in [-0.1, -0.05) is 78.9 Å². The Morgan fingerprint density at radius 2 is 1.06 bits per heavy atom. The van der Waals surface area contributed by atoms with E-state index in [1.165, 1.54) is 0 Å². The van der Waals surface area contributed by atoms with Gasteiger partial charge in [0.1, 0.15) is 0 Å². The molecule has 4 aromatic rings. The van der Waals surface area contributed by atoms with Crippen molar-refractivity contribution in [3.8, 4) is 0 Å². The van der Waals surface area contributed by atoms with Crippen LogP contribution in [-0.2, 0) is 4.74 Å². The SMILES string of the molecule is O=C(Nc1ccc(C(=O)OC(c2ccccc2)c2ccccc2)cc1)c1ccccc1. The van der Waals surface area contributed by atoms with Crippen molar-refractivity contribution in [2.24, 2.45) is 0 Å². The van der Waals surface area contributed by atoms with Crippen molar-refractivity contribution in [3.05, 3.63) is 138 Å². The largest absolute Gasteiger partial charge is 0.449 e. The number of nitrogens with one attached hydrogen (secondary N) is 1. The molecular formula is C27H21NO3. The van der Waals surface area contributed by atoms with Gasteiger partial charge >= 0.3 is 5.97 Å². The zero-order valence-electron chi connectivity index (χ0n) is 16.8. The highest BCUT2D eigenvalue weighted by molar-refractivity contribution is 6.04. The van der Waals surface area contributed by atoms with Crippen LogP contribution in [0.3, 0.4) is 0 Å². The van der Waals surface area contributed by atoms with Crippen LogP contribution in [0.4, 0.5) is 5.69 Å². The Bertz CT molecular complexity index is 1100. The first-order valence-electron chi connectivity index (χ1n) is 9.98. The van der Waals surface area contributed by atoms with Crippen LogP contribution in [0.5, 0.6) is 0 Å². The van der Waals surface area contributed by atoms with Gasteiger partial charge in [0.15, 0.2) is 6.10 Å². The molecule has 152 valence electrons. The summed E-state index contributed by atoms with van der Waals surface area (Å²) in [5, 5.41) is 2.83. The topological polar surface area (TPSA) is 55.4 Å². The van der Waals surface area contributed by atoms with Gasteiger partial charge in [-0.15, -0.1) is 0 Å². The summed E-state index contributed by atoms with van der Waals surface area (Å²) in [6, 6.07) is 34.9. The lowest BCUT2D eigenvalue weighted by atomic mass is 10.0. The normalized spacial score (nSPS) is 10.5. The maximum atomic E-state index is 12.8. The second-order valence-corrected chi connectivity index (χ2v) is 7.00. The highest BCUT2D eigenvalue weighted by Crippen LogP contribution is 2.27. The first-order valence-corrected chi connectivity index (χ1v) is 9.98. The van der Waals surface area contributed by atoms with E-state index >= 15 is 0 Å². The number of hydrogen-bond acceptors (Lipinski definition) is 3. The Morgan fingerprint density at radius 1 is 0.581 bits per heavy atom. The number of hydrogen-bond donors (Lipinski definition) is 1. The summed E-state index contributed by atoms with van der Waals surface area (Å²) in [5.41, 5.74) is 3.38. The molecule has 0 spiro atoms. The Kier molecular flexibility index (Phi) is 6.19. The lowest BCUT2D eigenvalue weighted by Crippen LogP contribution is -2.14. The fourth-order valence-corrected chi connectivity index (χ4v) is 3.24. The third kappa shape index (κ3) is 5.06. The maximum Gasteiger partial charge on any atom is 0.339 e. The van der Waals surface area contributed by atoms with Crippen LogP contribution < -0.4 is 5.32 Å². The smallest absolute Gasteiger partial charge is 0.339 e. The van der Waals surface area contributed by atoms with E-state index in [0.29, 0.717) is 16.8 Å². The highest BCUT2D eigenvalue weighted by atomic mass is 16.5. The zero-order valence-corrected chi connectivity index (χ0v) is 16.8. The fraction of sp³-hybridized carbons (Fsp3) is 0.0370. The molecule has 0 fully saturated rings. The van der Waals surface area contributed by atoms with Gasteiger partial charge < -0.3 is 10.1 Å².